The highest BCUT2D eigenvalue weighted by Gasteiger charge is 2.10. The molecule has 0 aliphatic heterocycles. The Morgan fingerprint density at radius 1 is 1.11 bits per heavy atom. The molecule has 0 saturated carbocycles. The van der Waals surface area contributed by atoms with Gasteiger partial charge >= 0.3 is 0 Å². The van der Waals surface area contributed by atoms with Crippen LogP contribution in [0.5, 0.6) is 0 Å². The summed E-state index contributed by atoms with van der Waals surface area (Å²) in [5.41, 5.74) is 3.29. The lowest BCUT2D eigenvalue weighted by molar-refractivity contribution is 0.150. The van der Waals surface area contributed by atoms with Crippen LogP contribution in [-0.4, -0.2) is 14.9 Å². The Kier molecular flexibility index (Phi) is 3.82. The van der Waals surface area contributed by atoms with Gasteiger partial charge in [-0.1, -0.05) is 38.1 Å². The van der Waals surface area contributed by atoms with Crippen molar-refractivity contribution in [3.63, 3.8) is 0 Å². The summed E-state index contributed by atoms with van der Waals surface area (Å²) in [7, 11) is 0. The number of hydrogen-bond donors (Lipinski definition) is 1. The minimum atomic E-state index is -0.509. The summed E-state index contributed by atoms with van der Waals surface area (Å²) in [6.45, 7) is 6.82. The molecule has 0 radical (unpaired) electrons. The van der Waals surface area contributed by atoms with Gasteiger partial charge in [0.2, 0.25) is 0 Å². The van der Waals surface area contributed by atoms with E-state index in [2.05, 4.69) is 31.1 Å². The van der Waals surface area contributed by atoms with Gasteiger partial charge in [-0.3, -0.25) is 4.68 Å². The van der Waals surface area contributed by atoms with Crippen LogP contribution < -0.4 is 0 Å². The molecule has 1 N–H and O–H groups in total. The van der Waals surface area contributed by atoms with Crippen LogP contribution in [0, 0.1) is 6.92 Å². The summed E-state index contributed by atoms with van der Waals surface area (Å²) in [4.78, 5) is 0. The Hall–Kier alpha value is -1.61. The first-order valence-electron chi connectivity index (χ1n) is 6.34. The van der Waals surface area contributed by atoms with Gasteiger partial charge in [0, 0.05) is 11.9 Å². The summed E-state index contributed by atoms with van der Waals surface area (Å²) in [5, 5.41) is 14.4. The molecule has 0 aliphatic rings. The molecule has 1 unspecified atom stereocenters. The molecule has 0 saturated heterocycles. The van der Waals surface area contributed by atoms with E-state index in [0.717, 1.165) is 11.3 Å². The second kappa shape index (κ2) is 5.36. The van der Waals surface area contributed by atoms with Gasteiger partial charge in [0.05, 0.1) is 12.6 Å². The van der Waals surface area contributed by atoms with E-state index in [0.29, 0.717) is 12.5 Å². The van der Waals surface area contributed by atoms with E-state index in [9.17, 15) is 5.11 Å². The highest BCUT2D eigenvalue weighted by Crippen LogP contribution is 2.20. The van der Waals surface area contributed by atoms with Gasteiger partial charge < -0.3 is 5.11 Å². The largest absolute Gasteiger partial charge is 0.386 e. The van der Waals surface area contributed by atoms with E-state index in [1.807, 2.05) is 29.8 Å². The standard InChI is InChI=1S/C15H20N2O/c1-11(2)13-4-6-14(7-5-13)15(18)10-17-12(3)8-9-16-17/h4-9,11,15,18H,10H2,1-3H3. The van der Waals surface area contributed by atoms with E-state index < -0.39 is 6.10 Å². The number of rotatable bonds is 4. The van der Waals surface area contributed by atoms with Gasteiger partial charge in [0.1, 0.15) is 0 Å². The maximum absolute atomic E-state index is 10.2. The zero-order chi connectivity index (χ0) is 13.1. The summed E-state index contributed by atoms with van der Waals surface area (Å²) in [6, 6.07) is 10.1. The van der Waals surface area contributed by atoms with Crippen molar-refractivity contribution in [2.45, 2.75) is 39.3 Å². The maximum Gasteiger partial charge on any atom is 0.0985 e. The maximum atomic E-state index is 10.2. The molecule has 3 heteroatoms. The highest BCUT2D eigenvalue weighted by atomic mass is 16.3. The van der Waals surface area contributed by atoms with Crippen molar-refractivity contribution in [2.75, 3.05) is 0 Å². The molecule has 0 amide bonds. The SMILES string of the molecule is Cc1ccnn1CC(O)c1ccc(C(C)C)cc1. The molecule has 18 heavy (non-hydrogen) atoms. The summed E-state index contributed by atoms with van der Waals surface area (Å²) in [6.07, 6.45) is 1.24. The van der Waals surface area contributed by atoms with Crippen molar-refractivity contribution in [3.8, 4) is 0 Å². The fraction of sp³-hybridized carbons (Fsp3) is 0.400. The Morgan fingerprint density at radius 3 is 2.22 bits per heavy atom. The Bertz CT molecular complexity index is 499. The summed E-state index contributed by atoms with van der Waals surface area (Å²) in [5.74, 6) is 0.518. The van der Waals surface area contributed by atoms with Gasteiger partial charge in [-0.25, -0.2) is 0 Å². The average Bonchev–Trinajstić information content (AvgIpc) is 2.75. The smallest absolute Gasteiger partial charge is 0.0985 e. The number of aliphatic hydroxyl groups is 1. The molecule has 2 aromatic rings. The molecule has 3 nitrogen and oxygen atoms in total. The van der Waals surface area contributed by atoms with Gasteiger partial charge in [-0.05, 0) is 30.0 Å². The molecular weight excluding hydrogens is 224 g/mol. The third-order valence-electron chi connectivity index (χ3n) is 3.26. The molecule has 96 valence electrons. The fourth-order valence-corrected chi connectivity index (χ4v) is 1.96. The third kappa shape index (κ3) is 2.79. The van der Waals surface area contributed by atoms with Crippen molar-refractivity contribution < 1.29 is 5.11 Å². The summed E-state index contributed by atoms with van der Waals surface area (Å²) < 4.78 is 1.82. The predicted molar refractivity (Wildman–Crippen MR) is 72.5 cm³/mol. The van der Waals surface area contributed by atoms with Crippen molar-refractivity contribution in [2.24, 2.45) is 0 Å². The molecule has 1 aromatic heterocycles. The second-order valence-electron chi connectivity index (χ2n) is 4.99. The normalized spacial score (nSPS) is 12.9. The predicted octanol–water partition coefficient (Wildman–Crippen LogP) is 3.05. The van der Waals surface area contributed by atoms with Gasteiger partial charge in [-0.15, -0.1) is 0 Å². The van der Waals surface area contributed by atoms with Crippen LogP contribution in [0.3, 0.4) is 0 Å². The van der Waals surface area contributed by atoms with E-state index in [1.165, 1.54) is 5.56 Å². The van der Waals surface area contributed by atoms with Gasteiger partial charge in [-0.2, -0.15) is 5.10 Å². The van der Waals surface area contributed by atoms with E-state index in [-0.39, 0.29) is 0 Å². The summed E-state index contributed by atoms with van der Waals surface area (Å²) >= 11 is 0. The molecule has 0 bridgehead atoms. The van der Waals surface area contributed by atoms with Crippen LogP contribution in [0.4, 0.5) is 0 Å². The Balaban J connectivity index is 2.09. The minimum absolute atomic E-state index is 0.500. The first-order valence-corrected chi connectivity index (χ1v) is 6.34. The number of aryl methyl sites for hydroxylation is 1. The van der Waals surface area contributed by atoms with Gasteiger partial charge in [0.25, 0.3) is 0 Å². The van der Waals surface area contributed by atoms with E-state index in [4.69, 9.17) is 0 Å². The van der Waals surface area contributed by atoms with Crippen LogP contribution in [0.25, 0.3) is 0 Å². The zero-order valence-corrected chi connectivity index (χ0v) is 11.2. The molecule has 1 heterocycles. The Morgan fingerprint density at radius 2 is 1.72 bits per heavy atom. The number of aromatic nitrogens is 2. The fourth-order valence-electron chi connectivity index (χ4n) is 1.96. The van der Waals surface area contributed by atoms with Crippen molar-refractivity contribution >= 4 is 0 Å². The van der Waals surface area contributed by atoms with Crippen LogP contribution in [0.15, 0.2) is 36.5 Å². The lowest BCUT2D eigenvalue weighted by atomic mass is 10.00. The monoisotopic (exact) mass is 244 g/mol. The minimum Gasteiger partial charge on any atom is -0.386 e. The lowest BCUT2D eigenvalue weighted by Gasteiger charge is -2.14. The number of benzene rings is 1. The van der Waals surface area contributed by atoms with Gasteiger partial charge in [0.15, 0.2) is 0 Å². The number of aliphatic hydroxyl groups excluding tert-OH is 1. The first-order chi connectivity index (χ1) is 8.58. The molecular formula is C15H20N2O. The highest BCUT2D eigenvalue weighted by molar-refractivity contribution is 5.26. The quantitative estimate of drug-likeness (QED) is 0.897. The third-order valence-corrected chi connectivity index (χ3v) is 3.26. The number of hydrogen-bond acceptors (Lipinski definition) is 2. The Labute approximate surface area is 108 Å². The van der Waals surface area contributed by atoms with Crippen LogP contribution in [0.2, 0.25) is 0 Å². The molecule has 0 spiro atoms. The lowest BCUT2D eigenvalue weighted by Crippen LogP contribution is -2.11. The zero-order valence-electron chi connectivity index (χ0n) is 11.2. The topological polar surface area (TPSA) is 38.0 Å². The molecule has 1 atom stereocenters. The van der Waals surface area contributed by atoms with Crippen molar-refractivity contribution in [1.29, 1.82) is 0 Å². The van der Waals surface area contributed by atoms with E-state index in [1.54, 1.807) is 6.20 Å². The van der Waals surface area contributed by atoms with Crippen LogP contribution in [0.1, 0.15) is 42.7 Å². The molecule has 1 aromatic carbocycles. The van der Waals surface area contributed by atoms with Crippen LogP contribution >= 0.6 is 0 Å². The number of nitrogens with zero attached hydrogens (tertiary/aromatic N) is 2. The second-order valence-corrected chi connectivity index (χ2v) is 4.99. The van der Waals surface area contributed by atoms with Crippen molar-refractivity contribution in [3.05, 3.63) is 53.3 Å². The molecule has 2 rings (SSSR count). The molecule has 0 fully saturated rings. The molecule has 0 aliphatic carbocycles. The van der Waals surface area contributed by atoms with Crippen LogP contribution in [-0.2, 0) is 6.54 Å². The van der Waals surface area contributed by atoms with E-state index >= 15 is 0 Å². The van der Waals surface area contributed by atoms with Crippen molar-refractivity contribution in [1.82, 2.24) is 9.78 Å². The first kappa shape index (κ1) is 12.8. The average molecular weight is 244 g/mol.